The Morgan fingerprint density at radius 3 is 2.62 bits per heavy atom. The van der Waals surface area contributed by atoms with E-state index in [2.05, 4.69) is 25.1 Å². The van der Waals surface area contributed by atoms with Crippen LogP contribution in [0.3, 0.4) is 0 Å². The molecule has 1 fully saturated rings. The third kappa shape index (κ3) is 4.93. The molecular weight excluding hydrogens is 491 g/mol. The van der Waals surface area contributed by atoms with Gasteiger partial charge in [-0.25, -0.2) is 14.5 Å². The lowest BCUT2D eigenvalue weighted by molar-refractivity contribution is -0.137. The minimum Gasteiger partial charge on any atom is -0.479 e. The first kappa shape index (κ1) is 24.5. The number of carbonyl (C=O) groups excluding carboxylic acids is 1. The van der Waals surface area contributed by atoms with Crippen molar-refractivity contribution >= 4 is 22.7 Å². The van der Waals surface area contributed by atoms with Crippen molar-refractivity contribution < 1.29 is 27.4 Å². The summed E-state index contributed by atoms with van der Waals surface area (Å²) in [6, 6.07) is 5.24. The van der Waals surface area contributed by atoms with Gasteiger partial charge in [-0.05, 0) is 43.5 Å². The number of hydrogen-bond donors (Lipinski definition) is 0. The number of anilines is 1. The van der Waals surface area contributed by atoms with Crippen LogP contribution in [0, 0.1) is 5.92 Å². The molecule has 3 aromatic heterocycles. The molecule has 5 rings (SSSR count). The van der Waals surface area contributed by atoms with Gasteiger partial charge in [0.2, 0.25) is 5.88 Å². The number of esters is 1. The highest BCUT2D eigenvalue weighted by Gasteiger charge is 2.31. The molecule has 0 aliphatic carbocycles. The smallest absolute Gasteiger partial charge is 0.416 e. The maximum Gasteiger partial charge on any atom is 0.416 e. The molecule has 1 saturated heterocycles. The van der Waals surface area contributed by atoms with Crippen molar-refractivity contribution in [2.75, 3.05) is 31.7 Å². The van der Waals surface area contributed by atoms with E-state index in [4.69, 9.17) is 9.47 Å². The molecule has 1 aromatic carbocycles. The Labute approximate surface area is 209 Å². The number of aromatic nitrogens is 6. The Bertz CT molecular complexity index is 1420. The molecule has 0 unspecified atom stereocenters. The Morgan fingerprint density at radius 2 is 1.92 bits per heavy atom. The number of hydrogen-bond acceptors (Lipinski definition) is 8. The summed E-state index contributed by atoms with van der Waals surface area (Å²) in [6.45, 7) is 3.95. The molecule has 1 atom stereocenters. The Morgan fingerprint density at radius 1 is 1.14 bits per heavy atom. The minimum atomic E-state index is -4.35. The molecule has 13 heteroatoms. The maximum absolute atomic E-state index is 12.9. The molecule has 37 heavy (non-hydrogen) atoms. The van der Waals surface area contributed by atoms with Crippen molar-refractivity contribution in [2.24, 2.45) is 5.92 Å². The van der Waals surface area contributed by atoms with Gasteiger partial charge in [0.15, 0.2) is 0 Å². The molecule has 0 spiro atoms. The van der Waals surface area contributed by atoms with Crippen LogP contribution in [0.4, 0.5) is 18.9 Å². The molecule has 0 radical (unpaired) electrons. The number of methoxy groups -OCH3 is 1. The molecule has 0 N–H and O–H groups in total. The van der Waals surface area contributed by atoms with E-state index in [0.29, 0.717) is 30.0 Å². The van der Waals surface area contributed by atoms with Gasteiger partial charge in [-0.2, -0.15) is 28.4 Å². The zero-order valence-corrected chi connectivity index (χ0v) is 20.1. The summed E-state index contributed by atoms with van der Waals surface area (Å²) in [5.41, 5.74) is 1.55. The molecule has 0 saturated carbocycles. The molecule has 1 aliphatic heterocycles. The highest BCUT2D eigenvalue weighted by Crippen LogP contribution is 2.32. The van der Waals surface area contributed by atoms with E-state index in [-0.39, 0.29) is 24.0 Å². The van der Waals surface area contributed by atoms with Gasteiger partial charge in [-0.3, -0.25) is 4.68 Å². The van der Waals surface area contributed by atoms with E-state index in [0.717, 1.165) is 30.8 Å². The summed E-state index contributed by atoms with van der Waals surface area (Å²) in [5, 5.41) is 8.64. The van der Waals surface area contributed by atoms with Gasteiger partial charge in [0, 0.05) is 31.5 Å². The van der Waals surface area contributed by atoms with E-state index >= 15 is 0 Å². The Kier molecular flexibility index (Phi) is 6.44. The molecule has 10 nitrogen and oxygen atoms in total. The lowest BCUT2D eigenvalue weighted by Crippen LogP contribution is -2.21. The lowest BCUT2D eigenvalue weighted by atomic mass is 10.1. The van der Waals surface area contributed by atoms with Crippen molar-refractivity contribution in [1.82, 2.24) is 29.5 Å². The van der Waals surface area contributed by atoms with Gasteiger partial charge < -0.3 is 14.4 Å². The van der Waals surface area contributed by atoms with Crippen molar-refractivity contribution in [3.63, 3.8) is 0 Å². The molecule has 0 bridgehead atoms. The van der Waals surface area contributed by atoms with Crippen LogP contribution in [-0.2, 0) is 17.5 Å². The van der Waals surface area contributed by atoms with E-state index in [1.54, 1.807) is 17.8 Å². The summed E-state index contributed by atoms with van der Waals surface area (Å²) in [7, 11) is 1.50. The van der Waals surface area contributed by atoms with Crippen LogP contribution in [-0.4, -0.2) is 62.3 Å². The van der Waals surface area contributed by atoms with Gasteiger partial charge in [0.25, 0.3) is 5.95 Å². The number of carbonyl (C=O) groups is 1. The van der Waals surface area contributed by atoms with Crippen LogP contribution in [0.2, 0.25) is 0 Å². The Balaban J connectivity index is 1.33. The average Bonchev–Trinajstić information content (AvgIpc) is 3.64. The van der Waals surface area contributed by atoms with Crippen LogP contribution in [0.1, 0.15) is 29.3 Å². The molecule has 194 valence electrons. The van der Waals surface area contributed by atoms with E-state index in [9.17, 15) is 18.0 Å². The summed E-state index contributed by atoms with van der Waals surface area (Å²) in [4.78, 5) is 23.0. The number of nitrogens with zero attached hydrogens (tertiary/aromatic N) is 7. The topological polar surface area (TPSA) is 100 Å². The second-order valence-corrected chi connectivity index (χ2v) is 8.63. The quantitative estimate of drug-likeness (QED) is 0.343. The number of ether oxygens (including phenoxy) is 2. The summed E-state index contributed by atoms with van der Waals surface area (Å²) in [5.74, 6) is 0.251. The second kappa shape index (κ2) is 9.71. The van der Waals surface area contributed by atoms with Crippen molar-refractivity contribution in [3.8, 4) is 11.8 Å². The third-order valence-electron chi connectivity index (χ3n) is 6.21. The van der Waals surface area contributed by atoms with E-state index in [1.165, 1.54) is 36.3 Å². The first-order chi connectivity index (χ1) is 17.8. The number of alkyl halides is 3. The van der Waals surface area contributed by atoms with Crippen LogP contribution in [0.5, 0.6) is 5.88 Å². The largest absolute Gasteiger partial charge is 0.479 e. The fraction of sp³-hybridized carbons (Fsp3) is 0.375. The molecule has 4 aromatic rings. The lowest BCUT2D eigenvalue weighted by Gasteiger charge is -2.19. The molecule has 1 aliphatic rings. The van der Waals surface area contributed by atoms with Crippen LogP contribution in [0.25, 0.3) is 17.0 Å². The van der Waals surface area contributed by atoms with Crippen molar-refractivity contribution in [3.05, 3.63) is 54.0 Å². The number of fused-ring (bicyclic) bond motifs is 1. The first-order valence-electron chi connectivity index (χ1n) is 11.7. The fourth-order valence-electron chi connectivity index (χ4n) is 4.41. The zero-order valence-electron chi connectivity index (χ0n) is 20.1. The van der Waals surface area contributed by atoms with Gasteiger partial charge in [0.1, 0.15) is 11.0 Å². The van der Waals surface area contributed by atoms with Gasteiger partial charge in [0.05, 0.1) is 37.2 Å². The summed E-state index contributed by atoms with van der Waals surface area (Å²) < 4.78 is 52.3. The third-order valence-corrected chi connectivity index (χ3v) is 6.21. The van der Waals surface area contributed by atoms with Crippen molar-refractivity contribution in [1.29, 1.82) is 0 Å². The number of rotatable bonds is 7. The predicted octanol–water partition coefficient (Wildman–Crippen LogP) is 3.74. The van der Waals surface area contributed by atoms with Gasteiger partial charge in [-0.15, -0.1) is 0 Å². The Hall–Kier alpha value is -4.16. The van der Waals surface area contributed by atoms with E-state index in [1.807, 2.05) is 0 Å². The summed E-state index contributed by atoms with van der Waals surface area (Å²) >= 11 is 0. The number of benzene rings is 1. The standard InChI is InChI=1S/C24H24F3N7O3/c1-3-37-22(35)16-10-28-34(14-16)23-30-19-11-29-33(20(19)21(31-23)36-2)13-15-8-9-32(12-15)18-6-4-17(5-7-18)24(25,26)27/h4-7,10-11,14-15H,3,8-9,12-13H2,1-2H3/t15-/m0/s1. The van der Waals surface area contributed by atoms with Gasteiger partial charge >= 0.3 is 12.1 Å². The minimum absolute atomic E-state index is 0.216. The highest BCUT2D eigenvalue weighted by atomic mass is 19.4. The predicted molar refractivity (Wildman–Crippen MR) is 127 cm³/mol. The number of halogens is 3. The van der Waals surface area contributed by atoms with Crippen LogP contribution in [0.15, 0.2) is 42.9 Å². The second-order valence-electron chi connectivity index (χ2n) is 8.63. The molecule has 0 amide bonds. The van der Waals surface area contributed by atoms with Crippen LogP contribution < -0.4 is 9.64 Å². The van der Waals surface area contributed by atoms with Crippen LogP contribution >= 0.6 is 0 Å². The average molecular weight is 515 g/mol. The van der Waals surface area contributed by atoms with Gasteiger partial charge in [-0.1, -0.05) is 0 Å². The fourth-order valence-corrected chi connectivity index (χ4v) is 4.41. The van der Waals surface area contributed by atoms with Crippen molar-refractivity contribution in [2.45, 2.75) is 26.1 Å². The molecule has 4 heterocycles. The zero-order chi connectivity index (χ0) is 26.2. The van der Waals surface area contributed by atoms with E-state index < -0.39 is 17.7 Å². The normalized spacial score (nSPS) is 15.9. The monoisotopic (exact) mass is 515 g/mol. The SMILES string of the molecule is CCOC(=O)c1cnn(-c2nc(OC)c3c(cnn3C[C@H]3CCN(c4ccc(C(F)(F)F)cc4)C3)n2)c1. The molecular formula is C24H24F3N7O3. The first-order valence-corrected chi connectivity index (χ1v) is 11.7. The highest BCUT2D eigenvalue weighted by molar-refractivity contribution is 5.88. The maximum atomic E-state index is 12.9. The summed E-state index contributed by atoms with van der Waals surface area (Å²) in [6.07, 6.45) is 0.977.